The van der Waals surface area contributed by atoms with Crippen LogP contribution >= 0.6 is 11.8 Å². The van der Waals surface area contributed by atoms with Gasteiger partial charge in [0.1, 0.15) is 6.04 Å². The third-order valence-electron chi connectivity index (χ3n) is 3.63. The van der Waals surface area contributed by atoms with Crippen LogP contribution in [0, 0.1) is 0 Å². The van der Waals surface area contributed by atoms with E-state index >= 15 is 0 Å². The van der Waals surface area contributed by atoms with Crippen LogP contribution in [0.1, 0.15) is 6.92 Å². The maximum absolute atomic E-state index is 12.1. The molecule has 2 fully saturated rings. The predicted octanol–water partition coefficient (Wildman–Crippen LogP) is -1.07. The first kappa shape index (κ1) is 16.1. The number of hydrogen-bond donors (Lipinski definition) is 1. The molecule has 0 aromatic carbocycles. The second-order valence-electron chi connectivity index (χ2n) is 5.04. The second-order valence-corrected chi connectivity index (χ2v) is 6.03. The molecule has 0 spiro atoms. The topological polar surface area (TPSA) is 79.0 Å². The molecular formula is C13H21N3O4S. The van der Waals surface area contributed by atoms with E-state index in [1.807, 2.05) is 0 Å². The number of rotatable bonds is 4. The van der Waals surface area contributed by atoms with Crippen LogP contribution in [-0.4, -0.2) is 84.5 Å². The summed E-state index contributed by atoms with van der Waals surface area (Å²) in [4.78, 5) is 38.9. The van der Waals surface area contributed by atoms with Crippen molar-refractivity contribution >= 4 is 29.5 Å². The molecule has 1 unspecified atom stereocenters. The van der Waals surface area contributed by atoms with Crippen molar-refractivity contribution in [3.05, 3.63) is 0 Å². The van der Waals surface area contributed by atoms with Crippen molar-refractivity contribution in [3.8, 4) is 0 Å². The van der Waals surface area contributed by atoms with Crippen LogP contribution in [-0.2, 0) is 19.1 Å². The number of amides is 3. The zero-order valence-electron chi connectivity index (χ0n) is 12.2. The summed E-state index contributed by atoms with van der Waals surface area (Å²) in [7, 11) is 0. The normalized spacial score (nSPS) is 22.9. The van der Waals surface area contributed by atoms with E-state index in [2.05, 4.69) is 5.32 Å². The van der Waals surface area contributed by atoms with Crippen molar-refractivity contribution < 1.29 is 19.1 Å². The van der Waals surface area contributed by atoms with E-state index in [0.29, 0.717) is 45.1 Å². The molecule has 0 aromatic heterocycles. The van der Waals surface area contributed by atoms with Crippen LogP contribution in [0.4, 0.5) is 0 Å². The fraction of sp³-hybridized carbons (Fsp3) is 0.769. The van der Waals surface area contributed by atoms with Gasteiger partial charge in [0.25, 0.3) is 0 Å². The highest BCUT2D eigenvalue weighted by atomic mass is 32.2. The number of carbonyl (C=O) groups excluding carboxylic acids is 3. The summed E-state index contributed by atoms with van der Waals surface area (Å²) in [6.07, 6.45) is 0. The lowest BCUT2D eigenvalue weighted by molar-refractivity contribution is -0.140. The third kappa shape index (κ3) is 4.34. The fourth-order valence-electron chi connectivity index (χ4n) is 2.34. The molecule has 7 nitrogen and oxygen atoms in total. The highest BCUT2D eigenvalue weighted by Gasteiger charge is 2.29. The van der Waals surface area contributed by atoms with Crippen LogP contribution in [0.25, 0.3) is 0 Å². The molecule has 2 heterocycles. The van der Waals surface area contributed by atoms with Gasteiger partial charge in [-0.15, -0.1) is 11.8 Å². The van der Waals surface area contributed by atoms with Gasteiger partial charge >= 0.3 is 0 Å². The Morgan fingerprint density at radius 2 is 1.90 bits per heavy atom. The Kier molecular flexibility index (Phi) is 5.86. The van der Waals surface area contributed by atoms with Crippen molar-refractivity contribution in [2.24, 2.45) is 0 Å². The number of ether oxygens (including phenoxy) is 1. The molecular weight excluding hydrogens is 294 g/mol. The molecule has 0 saturated carbocycles. The SMILES string of the molecule is CC1C(=O)NCCN1C(=O)CSCC(=O)N1CCOCC1. The molecule has 1 atom stereocenters. The van der Waals surface area contributed by atoms with Gasteiger partial charge in [0.2, 0.25) is 17.7 Å². The summed E-state index contributed by atoms with van der Waals surface area (Å²) in [5, 5.41) is 2.72. The maximum atomic E-state index is 12.1. The zero-order valence-corrected chi connectivity index (χ0v) is 13.0. The van der Waals surface area contributed by atoms with E-state index in [-0.39, 0.29) is 23.5 Å². The summed E-state index contributed by atoms with van der Waals surface area (Å²) in [6.45, 7) is 5.14. The van der Waals surface area contributed by atoms with Crippen molar-refractivity contribution in [1.29, 1.82) is 0 Å². The second kappa shape index (κ2) is 7.65. The van der Waals surface area contributed by atoms with E-state index in [4.69, 9.17) is 4.74 Å². The number of thioether (sulfide) groups is 1. The van der Waals surface area contributed by atoms with Crippen molar-refractivity contribution in [2.75, 3.05) is 50.9 Å². The monoisotopic (exact) mass is 315 g/mol. The smallest absolute Gasteiger partial charge is 0.242 e. The van der Waals surface area contributed by atoms with Crippen LogP contribution in [0.3, 0.4) is 0 Å². The molecule has 2 rings (SSSR count). The predicted molar refractivity (Wildman–Crippen MR) is 78.9 cm³/mol. The average molecular weight is 315 g/mol. The average Bonchev–Trinajstić information content (AvgIpc) is 2.50. The summed E-state index contributed by atoms with van der Waals surface area (Å²) in [5.74, 6) is 0.357. The Morgan fingerprint density at radius 1 is 1.24 bits per heavy atom. The first-order chi connectivity index (χ1) is 10.1. The number of hydrogen-bond acceptors (Lipinski definition) is 5. The van der Waals surface area contributed by atoms with Crippen LogP contribution in [0.2, 0.25) is 0 Å². The Morgan fingerprint density at radius 3 is 2.62 bits per heavy atom. The van der Waals surface area contributed by atoms with Gasteiger partial charge in [-0.3, -0.25) is 14.4 Å². The van der Waals surface area contributed by atoms with Gasteiger partial charge in [-0.25, -0.2) is 0 Å². The Balaban J connectivity index is 1.71. The summed E-state index contributed by atoms with van der Waals surface area (Å²) < 4.78 is 5.19. The van der Waals surface area contributed by atoms with Gasteiger partial charge in [0.15, 0.2) is 0 Å². The molecule has 0 aliphatic carbocycles. The van der Waals surface area contributed by atoms with Crippen LogP contribution < -0.4 is 5.32 Å². The third-order valence-corrected chi connectivity index (χ3v) is 4.54. The Bertz CT molecular complexity index is 412. The van der Waals surface area contributed by atoms with Gasteiger partial charge in [0, 0.05) is 26.2 Å². The minimum Gasteiger partial charge on any atom is -0.378 e. The van der Waals surface area contributed by atoms with Crippen LogP contribution in [0.5, 0.6) is 0 Å². The first-order valence-corrected chi connectivity index (χ1v) is 8.25. The molecule has 8 heteroatoms. The molecule has 2 saturated heterocycles. The van der Waals surface area contributed by atoms with Gasteiger partial charge < -0.3 is 19.9 Å². The molecule has 118 valence electrons. The zero-order chi connectivity index (χ0) is 15.2. The first-order valence-electron chi connectivity index (χ1n) is 7.10. The molecule has 1 N–H and O–H groups in total. The van der Waals surface area contributed by atoms with E-state index in [0.717, 1.165) is 0 Å². The summed E-state index contributed by atoms with van der Waals surface area (Å²) in [6, 6.07) is -0.429. The number of morpholine rings is 1. The Labute approximate surface area is 128 Å². The van der Waals surface area contributed by atoms with E-state index in [1.54, 1.807) is 16.7 Å². The van der Waals surface area contributed by atoms with E-state index in [1.165, 1.54) is 11.8 Å². The van der Waals surface area contributed by atoms with E-state index in [9.17, 15) is 14.4 Å². The minimum absolute atomic E-state index is 0.0422. The summed E-state index contributed by atoms with van der Waals surface area (Å²) >= 11 is 1.31. The quantitative estimate of drug-likeness (QED) is 0.714. The minimum atomic E-state index is -0.429. The van der Waals surface area contributed by atoms with Crippen molar-refractivity contribution in [1.82, 2.24) is 15.1 Å². The lowest BCUT2D eigenvalue weighted by atomic mass is 10.2. The lowest BCUT2D eigenvalue weighted by Gasteiger charge is -2.32. The van der Waals surface area contributed by atoms with Gasteiger partial charge in [-0.05, 0) is 6.92 Å². The molecule has 0 bridgehead atoms. The van der Waals surface area contributed by atoms with Gasteiger partial charge in [-0.2, -0.15) is 0 Å². The molecule has 2 aliphatic rings. The van der Waals surface area contributed by atoms with Crippen molar-refractivity contribution in [2.45, 2.75) is 13.0 Å². The van der Waals surface area contributed by atoms with E-state index < -0.39 is 6.04 Å². The fourth-order valence-corrected chi connectivity index (χ4v) is 3.14. The van der Waals surface area contributed by atoms with Crippen LogP contribution in [0.15, 0.2) is 0 Å². The summed E-state index contributed by atoms with van der Waals surface area (Å²) in [5.41, 5.74) is 0. The maximum Gasteiger partial charge on any atom is 0.242 e. The number of piperazine rings is 1. The van der Waals surface area contributed by atoms with Crippen molar-refractivity contribution in [3.63, 3.8) is 0 Å². The Hall–Kier alpha value is -1.28. The lowest BCUT2D eigenvalue weighted by Crippen LogP contribution is -2.56. The highest BCUT2D eigenvalue weighted by Crippen LogP contribution is 2.10. The molecule has 0 radical (unpaired) electrons. The molecule has 2 aliphatic heterocycles. The van der Waals surface area contributed by atoms with Gasteiger partial charge in [-0.1, -0.05) is 0 Å². The van der Waals surface area contributed by atoms with Gasteiger partial charge in [0.05, 0.1) is 24.7 Å². The number of nitrogens with one attached hydrogen (secondary N) is 1. The molecule has 21 heavy (non-hydrogen) atoms. The molecule has 0 aromatic rings. The highest BCUT2D eigenvalue weighted by molar-refractivity contribution is 8.00. The largest absolute Gasteiger partial charge is 0.378 e. The number of nitrogens with zero attached hydrogens (tertiary/aromatic N) is 2. The standard InChI is InChI=1S/C13H21N3O4S/c1-10-13(19)14-2-3-16(10)12(18)9-21-8-11(17)15-4-6-20-7-5-15/h10H,2-9H2,1H3,(H,14,19). The number of carbonyl (C=O) groups is 3. The molecule has 3 amide bonds.